The molecule has 6 heteroatoms. The van der Waals surface area contributed by atoms with Crippen LogP contribution in [0.5, 0.6) is 11.5 Å². The lowest BCUT2D eigenvalue weighted by Gasteiger charge is -2.35. The average molecular weight is 334 g/mol. The number of unbranched alkanes of at least 4 members (excludes halogenated alkanes) is 1. The van der Waals surface area contributed by atoms with Crippen molar-refractivity contribution >= 4 is 5.91 Å². The zero-order valence-corrected chi connectivity index (χ0v) is 14.3. The Bertz CT molecular complexity index is 558. The van der Waals surface area contributed by atoms with Crippen molar-refractivity contribution in [1.82, 2.24) is 10.2 Å². The fraction of sp³-hybridized carbons (Fsp3) is 0.611. The molecule has 6 nitrogen and oxygen atoms in total. The molecule has 1 unspecified atom stereocenters. The third kappa shape index (κ3) is 4.19. The first-order valence-corrected chi connectivity index (χ1v) is 8.76. The van der Waals surface area contributed by atoms with Crippen LogP contribution in [0.25, 0.3) is 0 Å². The number of hydrogen-bond acceptors (Lipinski definition) is 5. The number of fused-ring (bicyclic) bond motifs is 1. The van der Waals surface area contributed by atoms with Crippen LogP contribution in [0.15, 0.2) is 18.2 Å². The number of nitrogens with one attached hydrogen (secondary N) is 1. The SMILES string of the molecule is CCCCC(=O)NCC(c1ccc2c(c1)OCO2)N1CCOCC1. The van der Waals surface area contributed by atoms with E-state index in [2.05, 4.69) is 23.2 Å². The van der Waals surface area contributed by atoms with Crippen LogP contribution < -0.4 is 14.8 Å². The monoisotopic (exact) mass is 334 g/mol. The lowest BCUT2D eigenvalue weighted by molar-refractivity contribution is -0.121. The molecule has 132 valence electrons. The Morgan fingerprint density at radius 1 is 1.25 bits per heavy atom. The van der Waals surface area contributed by atoms with Crippen LogP contribution in [0, 0.1) is 0 Å². The van der Waals surface area contributed by atoms with Gasteiger partial charge >= 0.3 is 0 Å². The fourth-order valence-corrected chi connectivity index (χ4v) is 3.10. The maximum Gasteiger partial charge on any atom is 0.231 e. The number of carbonyl (C=O) groups is 1. The minimum Gasteiger partial charge on any atom is -0.454 e. The maximum atomic E-state index is 12.0. The van der Waals surface area contributed by atoms with Gasteiger partial charge in [0, 0.05) is 26.1 Å². The van der Waals surface area contributed by atoms with Gasteiger partial charge in [0.1, 0.15) is 0 Å². The van der Waals surface area contributed by atoms with Gasteiger partial charge in [-0.2, -0.15) is 0 Å². The van der Waals surface area contributed by atoms with E-state index in [1.165, 1.54) is 0 Å². The van der Waals surface area contributed by atoms with Gasteiger partial charge in [0.15, 0.2) is 11.5 Å². The molecule has 3 rings (SSSR count). The molecule has 1 N–H and O–H groups in total. The minimum absolute atomic E-state index is 0.119. The second-order valence-electron chi connectivity index (χ2n) is 6.18. The molecule has 1 aromatic rings. The molecule has 0 aromatic heterocycles. The summed E-state index contributed by atoms with van der Waals surface area (Å²) in [5.74, 6) is 1.69. The van der Waals surface area contributed by atoms with E-state index in [0.717, 1.165) is 56.2 Å². The van der Waals surface area contributed by atoms with Crippen LogP contribution in [0.1, 0.15) is 37.8 Å². The number of benzene rings is 1. The summed E-state index contributed by atoms with van der Waals surface area (Å²) in [5.41, 5.74) is 1.14. The third-order valence-electron chi connectivity index (χ3n) is 4.52. The number of rotatable bonds is 7. The molecule has 2 heterocycles. The lowest BCUT2D eigenvalue weighted by Crippen LogP contribution is -2.43. The predicted molar refractivity (Wildman–Crippen MR) is 90.2 cm³/mol. The second kappa shape index (κ2) is 8.35. The standard InChI is InChI=1S/C18H26N2O4/c1-2-3-4-18(21)19-12-15(20-7-9-22-10-8-20)14-5-6-16-17(11-14)24-13-23-16/h5-6,11,15H,2-4,7-10,12-13H2,1H3,(H,19,21). The molecule has 0 bridgehead atoms. The van der Waals surface area contributed by atoms with Crippen LogP contribution >= 0.6 is 0 Å². The van der Waals surface area contributed by atoms with Gasteiger partial charge in [0.25, 0.3) is 0 Å². The maximum absolute atomic E-state index is 12.0. The molecule has 24 heavy (non-hydrogen) atoms. The summed E-state index contributed by atoms with van der Waals surface area (Å²) < 4.78 is 16.4. The number of hydrogen-bond donors (Lipinski definition) is 1. The lowest BCUT2D eigenvalue weighted by atomic mass is 10.0. The van der Waals surface area contributed by atoms with Crippen LogP contribution in [0.3, 0.4) is 0 Å². The van der Waals surface area contributed by atoms with Crippen molar-refractivity contribution in [2.75, 3.05) is 39.6 Å². The molecule has 0 radical (unpaired) electrons. The van der Waals surface area contributed by atoms with E-state index >= 15 is 0 Å². The van der Waals surface area contributed by atoms with Crippen molar-refractivity contribution in [3.63, 3.8) is 0 Å². The highest BCUT2D eigenvalue weighted by Gasteiger charge is 2.25. The average Bonchev–Trinajstić information content (AvgIpc) is 3.09. The number of carbonyl (C=O) groups excluding carboxylic acids is 1. The van der Waals surface area contributed by atoms with Crippen molar-refractivity contribution in [1.29, 1.82) is 0 Å². The summed E-state index contributed by atoms with van der Waals surface area (Å²) in [6.45, 7) is 6.15. The smallest absolute Gasteiger partial charge is 0.231 e. The molecule has 0 saturated carbocycles. The molecule has 1 saturated heterocycles. The molecular formula is C18H26N2O4. The number of nitrogens with zero attached hydrogens (tertiary/aromatic N) is 1. The van der Waals surface area contributed by atoms with Crippen LogP contribution in [-0.2, 0) is 9.53 Å². The molecule has 1 fully saturated rings. The predicted octanol–water partition coefficient (Wildman–Crippen LogP) is 2.09. The summed E-state index contributed by atoms with van der Waals surface area (Å²) in [5, 5.41) is 3.09. The fourth-order valence-electron chi connectivity index (χ4n) is 3.10. The molecular weight excluding hydrogens is 308 g/mol. The van der Waals surface area contributed by atoms with Crippen LogP contribution in [0.2, 0.25) is 0 Å². The zero-order valence-electron chi connectivity index (χ0n) is 14.3. The summed E-state index contributed by atoms with van der Waals surface area (Å²) >= 11 is 0. The van der Waals surface area contributed by atoms with Crippen molar-refractivity contribution in [2.45, 2.75) is 32.2 Å². The van der Waals surface area contributed by atoms with Crippen molar-refractivity contribution < 1.29 is 19.0 Å². The normalized spacial score (nSPS) is 18.4. The molecule has 1 amide bonds. The Morgan fingerprint density at radius 3 is 2.83 bits per heavy atom. The Hall–Kier alpha value is -1.79. The number of morpholine rings is 1. The molecule has 0 aliphatic carbocycles. The van der Waals surface area contributed by atoms with E-state index in [-0.39, 0.29) is 18.7 Å². The highest BCUT2D eigenvalue weighted by molar-refractivity contribution is 5.75. The summed E-state index contributed by atoms with van der Waals surface area (Å²) in [6.07, 6.45) is 2.55. The van der Waals surface area contributed by atoms with E-state index in [4.69, 9.17) is 14.2 Å². The summed E-state index contributed by atoms with van der Waals surface area (Å²) in [4.78, 5) is 14.4. The van der Waals surface area contributed by atoms with Crippen molar-refractivity contribution in [3.05, 3.63) is 23.8 Å². The minimum atomic E-state index is 0.119. The van der Waals surface area contributed by atoms with E-state index in [1.54, 1.807) is 0 Å². The molecule has 2 aliphatic heterocycles. The first kappa shape index (κ1) is 17.0. The van der Waals surface area contributed by atoms with Crippen molar-refractivity contribution in [2.24, 2.45) is 0 Å². The highest BCUT2D eigenvalue weighted by atomic mass is 16.7. The van der Waals surface area contributed by atoms with Crippen molar-refractivity contribution in [3.8, 4) is 11.5 Å². The molecule has 1 atom stereocenters. The highest BCUT2D eigenvalue weighted by Crippen LogP contribution is 2.35. The van der Waals surface area contributed by atoms with E-state index in [1.807, 2.05) is 12.1 Å². The largest absolute Gasteiger partial charge is 0.454 e. The topological polar surface area (TPSA) is 60.0 Å². The van der Waals surface area contributed by atoms with Gasteiger partial charge in [-0.25, -0.2) is 0 Å². The van der Waals surface area contributed by atoms with Gasteiger partial charge in [-0.1, -0.05) is 19.4 Å². The number of amides is 1. The van der Waals surface area contributed by atoms with E-state index in [0.29, 0.717) is 13.0 Å². The van der Waals surface area contributed by atoms with E-state index < -0.39 is 0 Å². The zero-order chi connectivity index (χ0) is 16.8. The van der Waals surface area contributed by atoms with Gasteiger partial charge in [0.2, 0.25) is 12.7 Å². The first-order valence-electron chi connectivity index (χ1n) is 8.76. The Balaban J connectivity index is 1.70. The second-order valence-corrected chi connectivity index (χ2v) is 6.18. The van der Waals surface area contributed by atoms with Gasteiger partial charge in [-0.15, -0.1) is 0 Å². The quantitative estimate of drug-likeness (QED) is 0.827. The molecule has 1 aromatic carbocycles. The van der Waals surface area contributed by atoms with Gasteiger partial charge in [-0.05, 0) is 24.1 Å². The molecule has 2 aliphatic rings. The first-order chi connectivity index (χ1) is 11.8. The molecule has 0 spiro atoms. The Labute approximate surface area is 143 Å². The van der Waals surface area contributed by atoms with Gasteiger partial charge in [0.05, 0.1) is 19.3 Å². The van der Waals surface area contributed by atoms with Crippen LogP contribution in [0.4, 0.5) is 0 Å². The van der Waals surface area contributed by atoms with Crippen LogP contribution in [-0.4, -0.2) is 50.4 Å². The van der Waals surface area contributed by atoms with Gasteiger partial charge < -0.3 is 19.5 Å². The number of ether oxygens (including phenoxy) is 3. The summed E-state index contributed by atoms with van der Waals surface area (Å²) in [7, 11) is 0. The van der Waals surface area contributed by atoms with E-state index in [9.17, 15) is 4.79 Å². The Kier molecular flexibility index (Phi) is 5.93. The Morgan fingerprint density at radius 2 is 2.04 bits per heavy atom. The third-order valence-corrected chi connectivity index (χ3v) is 4.52. The van der Waals surface area contributed by atoms with Gasteiger partial charge in [-0.3, -0.25) is 9.69 Å². The summed E-state index contributed by atoms with van der Waals surface area (Å²) in [6, 6.07) is 6.16.